The van der Waals surface area contributed by atoms with Crippen LogP contribution in [0.25, 0.3) is 11.0 Å². The van der Waals surface area contributed by atoms with Crippen LogP contribution in [0.5, 0.6) is 5.75 Å². The fourth-order valence-electron chi connectivity index (χ4n) is 3.77. The number of nitrogens with zero attached hydrogens (tertiary/aromatic N) is 1. The van der Waals surface area contributed by atoms with Gasteiger partial charge < -0.3 is 25.1 Å². The van der Waals surface area contributed by atoms with Gasteiger partial charge >= 0.3 is 0 Å². The highest BCUT2D eigenvalue weighted by atomic mass is 16.5. The molecule has 5 rings (SSSR count). The molecule has 6 nitrogen and oxygen atoms in total. The van der Waals surface area contributed by atoms with E-state index in [2.05, 4.69) is 10.2 Å². The van der Waals surface area contributed by atoms with Crippen LogP contribution >= 0.6 is 0 Å². The number of nitrogens with two attached hydrogens (primary N) is 1. The van der Waals surface area contributed by atoms with Crippen molar-refractivity contribution in [1.29, 1.82) is 0 Å². The van der Waals surface area contributed by atoms with E-state index in [4.69, 9.17) is 14.9 Å². The number of nitrogens with one attached hydrogen (secondary N) is 1. The summed E-state index contributed by atoms with van der Waals surface area (Å²) in [6.45, 7) is 3.24. The number of ether oxygens (including phenoxy) is 1. The topological polar surface area (TPSA) is 80.7 Å². The molecule has 0 spiro atoms. The molecule has 0 aliphatic carbocycles. The van der Waals surface area contributed by atoms with E-state index in [1.165, 1.54) is 0 Å². The van der Waals surface area contributed by atoms with E-state index in [0.717, 1.165) is 37.9 Å². The second-order valence-corrected chi connectivity index (χ2v) is 6.47. The van der Waals surface area contributed by atoms with Crippen LogP contribution in [0.2, 0.25) is 0 Å². The van der Waals surface area contributed by atoms with Gasteiger partial charge in [0.25, 0.3) is 5.91 Å². The zero-order valence-corrected chi connectivity index (χ0v) is 13.2. The lowest BCUT2D eigenvalue weighted by atomic mass is 9.84. The SMILES string of the molecule is C.COc1cc(N)cc2cc(C(=O)N[C@H]3CN4CCC3CC4)oc12. The smallest absolute Gasteiger partial charge is 0.287 e. The summed E-state index contributed by atoms with van der Waals surface area (Å²) in [6.07, 6.45) is 2.32. The molecule has 3 fully saturated rings. The highest BCUT2D eigenvalue weighted by Crippen LogP contribution is 2.32. The fraction of sp³-hybridized carbons (Fsp3) is 0.500. The van der Waals surface area contributed by atoms with E-state index in [1.54, 1.807) is 25.3 Å². The molecule has 4 heterocycles. The van der Waals surface area contributed by atoms with Crippen molar-refractivity contribution in [2.75, 3.05) is 32.5 Å². The number of furan rings is 1. The first-order valence-corrected chi connectivity index (χ1v) is 8.04. The Hall–Kier alpha value is -2.21. The van der Waals surface area contributed by atoms with E-state index in [-0.39, 0.29) is 19.4 Å². The number of fused-ring (bicyclic) bond motifs is 4. The largest absolute Gasteiger partial charge is 0.493 e. The number of amides is 1. The third kappa shape index (κ3) is 2.82. The maximum Gasteiger partial charge on any atom is 0.287 e. The van der Waals surface area contributed by atoms with E-state index >= 15 is 0 Å². The van der Waals surface area contributed by atoms with Crippen molar-refractivity contribution in [3.8, 4) is 5.75 Å². The van der Waals surface area contributed by atoms with Gasteiger partial charge in [0.1, 0.15) is 0 Å². The van der Waals surface area contributed by atoms with Crippen molar-refractivity contribution in [1.82, 2.24) is 10.2 Å². The van der Waals surface area contributed by atoms with E-state index in [0.29, 0.717) is 28.7 Å². The zero-order chi connectivity index (χ0) is 16.0. The van der Waals surface area contributed by atoms with Gasteiger partial charge in [-0.25, -0.2) is 0 Å². The van der Waals surface area contributed by atoms with Crippen LogP contribution < -0.4 is 15.8 Å². The maximum absolute atomic E-state index is 12.5. The van der Waals surface area contributed by atoms with Crippen LogP contribution in [0.3, 0.4) is 0 Å². The maximum atomic E-state index is 12.5. The number of carbonyl (C=O) groups is 1. The number of methoxy groups -OCH3 is 1. The molecule has 3 saturated heterocycles. The molecule has 130 valence electrons. The Morgan fingerprint density at radius 3 is 2.71 bits per heavy atom. The van der Waals surface area contributed by atoms with Gasteiger partial charge in [-0.1, -0.05) is 7.43 Å². The Bertz CT molecular complexity index is 747. The standard InChI is InChI=1S/C17H21N3O3.CH4/c1-22-14-8-12(18)6-11-7-15(23-16(11)14)17(21)19-13-9-20-4-2-10(13)3-5-20;/h6-8,10,13H,2-5,9,18H2,1H3,(H,19,21);1H4/t13-;/m0./s1. The number of carbonyl (C=O) groups excluding carboxylic acids is 1. The summed E-state index contributed by atoms with van der Waals surface area (Å²) in [7, 11) is 1.56. The van der Waals surface area contributed by atoms with Gasteiger partial charge in [-0.3, -0.25) is 4.79 Å². The molecule has 24 heavy (non-hydrogen) atoms. The molecule has 3 aliphatic rings. The van der Waals surface area contributed by atoms with Crippen molar-refractivity contribution in [3.63, 3.8) is 0 Å². The molecule has 2 aromatic rings. The van der Waals surface area contributed by atoms with Crippen LogP contribution in [0.15, 0.2) is 22.6 Å². The lowest BCUT2D eigenvalue weighted by Gasteiger charge is -2.44. The minimum atomic E-state index is -0.166. The van der Waals surface area contributed by atoms with E-state index < -0.39 is 0 Å². The highest BCUT2D eigenvalue weighted by molar-refractivity contribution is 5.98. The predicted molar refractivity (Wildman–Crippen MR) is 94.3 cm³/mol. The summed E-state index contributed by atoms with van der Waals surface area (Å²) in [5, 5.41) is 3.91. The van der Waals surface area contributed by atoms with Gasteiger partial charge in [-0.2, -0.15) is 0 Å². The molecule has 0 saturated carbocycles. The molecule has 1 amide bonds. The van der Waals surface area contributed by atoms with Crippen molar-refractivity contribution in [2.45, 2.75) is 26.3 Å². The summed E-state index contributed by atoms with van der Waals surface area (Å²) in [4.78, 5) is 15.0. The first-order chi connectivity index (χ1) is 11.1. The van der Waals surface area contributed by atoms with Gasteiger partial charge in [-0.05, 0) is 44.0 Å². The van der Waals surface area contributed by atoms with Crippen LogP contribution in [0, 0.1) is 5.92 Å². The second kappa shape index (κ2) is 6.36. The molecular formula is C18H25N3O3. The quantitative estimate of drug-likeness (QED) is 0.845. The number of rotatable bonds is 3. The summed E-state index contributed by atoms with van der Waals surface area (Å²) in [5.41, 5.74) is 6.99. The van der Waals surface area contributed by atoms with Gasteiger partial charge in [-0.15, -0.1) is 0 Å². The van der Waals surface area contributed by atoms with Crippen LogP contribution in [0.4, 0.5) is 5.69 Å². The van der Waals surface area contributed by atoms with E-state index in [9.17, 15) is 4.79 Å². The summed E-state index contributed by atoms with van der Waals surface area (Å²) < 4.78 is 11.0. The summed E-state index contributed by atoms with van der Waals surface area (Å²) in [6, 6.07) is 5.42. The number of hydrogen-bond donors (Lipinski definition) is 2. The van der Waals surface area contributed by atoms with Crippen molar-refractivity contribution >= 4 is 22.6 Å². The molecular weight excluding hydrogens is 306 g/mol. The van der Waals surface area contributed by atoms with Gasteiger partial charge in [0, 0.05) is 29.7 Å². The summed E-state index contributed by atoms with van der Waals surface area (Å²) >= 11 is 0. The van der Waals surface area contributed by atoms with Gasteiger partial charge in [0.15, 0.2) is 17.1 Å². The Morgan fingerprint density at radius 2 is 2.08 bits per heavy atom. The van der Waals surface area contributed by atoms with Crippen molar-refractivity contribution in [3.05, 3.63) is 24.0 Å². The molecule has 0 unspecified atom stereocenters. The molecule has 0 radical (unpaired) electrons. The number of nitrogen functional groups attached to an aromatic ring is 1. The minimum Gasteiger partial charge on any atom is -0.493 e. The predicted octanol–water partition coefficient (Wildman–Crippen LogP) is 2.48. The van der Waals surface area contributed by atoms with Gasteiger partial charge in [0.05, 0.1) is 7.11 Å². The normalized spacial score (nSPS) is 25.3. The molecule has 3 N–H and O–H groups in total. The first kappa shape index (κ1) is 16.6. The van der Waals surface area contributed by atoms with E-state index in [1.807, 2.05) is 0 Å². The third-order valence-corrected chi connectivity index (χ3v) is 5.02. The lowest BCUT2D eigenvalue weighted by Crippen LogP contribution is -2.57. The van der Waals surface area contributed by atoms with Crippen molar-refractivity contribution < 1.29 is 13.9 Å². The monoisotopic (exact) mass is 331 g/mol. The molecule has 2 bridgehead atoms. The first-order valence-electron chi connectivity index (χ1n) is 8.04. The Labute approximate surface area is 141 Å². The molecule has 1 aromatic heterocycles. The zero-order valence-electron chi connectivity index (χ0n) is 13.2. The minimum absolute atomic E-state index is 0. The summed E-state index contributed by atoms with van der Waals surface area (Å²) in [5.74, 6) is 1.27. The van der Waals surface area contributed by atoms with Crippen LogP contribution in [-0.4, -0.2) is 43.6 Å². The van der Waals surface area contributed by atoms with Crippen LogP contribution in [0.1, 0.15) is 30.8 Å². The number of hydrogen-bond acceptors (Lipinski definition) is 5. The Balaban J connectivity index is 0.00000169. The Morgan fingerprint density at radius 1 is 1.33 bits per heavy atom. The molecule has 1 atom stereocenters. The third-order valence-electron chi connectivity index (χ3n) is 5.02. The van der Waals surface area contributed by atoms with Crippen molar-refractivity contribution in [2.24, 2.45) is 5.92 Å². The van der Waals surface area contributed by atoms with Crippen LogP contribution in [-0.2, 0) is 0 Å². The second-order valence-electron chi connectivity index (χ2n) is 6.47. The average Bonchev–Trinajstić information content (AvgIpc) is 2.99. The molecule has 1 aromatic carbocycles. The number of anilines is 1. The molecule has 6 heteroatoms. The number of benzene rings is 1. The average molecular weight is 331 g/mol. The fourth-order valence-corrected chi connectivity index (χ4v) is 3.77. The molecule has 3 aliphatic heterocycles. The number of piperidine rings is 3. The highest BCUT2D eigenvalue weighted by Gasteiger charge is 2.35. The lowest BCUT2D eigenvalue weighted by molar-refractivity contribution is 0.0607. The Kier molecular flexibility index (Phi) is 4.41. The van der Waals surface area contributed by atoms with Gasteiger partial charge in [0.2, 0.25) is 0 Å².